The number of alkyl halides is 2. The zero-order valence-electron chi connectivity index (χ0n) is 15.9. The molecule has 4 nitrogen and oxygen atoms in total. The van der Waals surface area contributed by atoms with Crippen molar-refractivity contribution in [3.8, 4) is 0 Å². The molecule has 0 fully saturated rings. The molecule has 0 bridgehead atoms. The SMILES string of the molecule is CCCCCCCCC(CCCC(Cl)(Cl)C(=O)O)c1ccc(C(=O)O)cc1. The van der Waals surface area contributed by atoms with Crippen LogP contribution in [0.3, 0.4) is 0 Å². The zero-order chi connectivity index (χ0) is 20.3. The van der Waals surface area contributed by atoms with Gasteiger partial charge in [-0.1, -0.05) is 80.8 Å². The molecule has 1 aromatic carbocycles. The minimum Gasteiger partial charge on any atom is -0.479 e. The Labute approximate surface area is 171 Å². The molecule has 1 aromatic rings. The average molecular weight is 417 g/mol. The molecule has 0 aliphatic rings. The number of carboxylic acid groups (broad SMARTS) is 2. The standard InChI is InChI=1S/C21H30Cl2O4/c1-2-3-4-5-6-7-9-16(10-8-15-21(22,23)20(26)27)17-11-13-18(14-12-17)19(24)25/h11-14,16H,2-10,15H2,1H3,(H,24,25)(H,26,27). The van der Waals surface area contributed by atoms with Gasteiger partial charge in [-0.3, -0.25) is 0 Å². The summed E-state index contributed by atoms with van der Waals surface area (Å²) in [5, 5.41) is 18.1. The molecule has 0 saturated heterocycles. The van der Waals surface area contributed by atoms with Gasteiger partial charge in [-0.05, 0) is 49.3 Å². The highest BCUT2D eigenvalue weighted by atomic mass is 35.5. The maximum atomic E-state index is 11.0. The van der Waals surface area contributed by atoms with Gasteiger partial charge in [-0.2, -0.15) is 0 Å². The Hall–Kier alpha value is -1.26. The van der Waals surface area contributed by atoms with Gasteiger partial charge in [0.1, 0.15) is 0 Å². The molecular formula is C21H30Cl2O4. The third kappa shape index (κ3) is 8.98. The van der Waals surface area contributed by atoms with Crippen molar-refractivity contribution in [2.45, 2.75) is 81.4 Å². The molecule has 0 spiro atoms. The van der Waals surface area contributed by atoms with E-state index in [0.29, 0.717) is 6.42 Å². The molecule has 6 heteroatoms. The third-order valence-electron chi connectivity index (χ3n) is 4.89. The summed E-state index contributed by atoms with van der Waals surface area (Å²) in [6.45, 7) is 2.20. The van der Waals surface area contributed by atoms with E-state index in [0.717, 1.165) is 24.8 Å². The van der Waals surface area contributed by atoms with Gasteiger partial charge < -0.3 is 10.2 Å². The van der Waals surface area contributed by atoms with Crippen LogP contribution in [0, 0.1) is 0 Å². The van der Waals surface area contributed by atoms with Crippen molar-refractivity contribution in [1.82, 2.24) is 0 Å². The van der Waals surface area contributed by atoms with Gasteiger partial charge >= 0.3 is 11.9 Å². The molecule has 1 unspecified atom stereocenters. The smallest absolute Gasteiger partial charge is 0.340 e. The Kier molecular flexibility index (Phi) is 10.8. The first-order valence-corrected chi connectivity index (χ1v) is 10.5. The van der Waals surface area contributed by atoms with Crippen molar-refractivity contribution >= 4 is 35.1 Å². The lowest BCUT2D eigenvalue weighted by molar-refractivity contribution is -0.138. The summed E-state index contributed by atoms with van der Waals surface area (Å²) in [7, 11) is 0. The van der Waals surface area contributed by atoms with E-state index in [1.54, 1.807) is 12.1 Å². The number of benzene rings is 1. The van der Waals surface area contributed by atoms with Crippen molar-refractivity contribution in [2.75, 3.05) is 0 Å². The molecule has 1 atom stereocenters. The van der Waals surface area contributed by atoms with E-state index in [1.165, 1.54) is 32.1 Å². The second-order valence-corrected chi connectivity index (χ2v) is 8.57. The number of hydrogen-bond donors (Lipinski definition) is 2. The molecule has 0 aliphatic carbocycles. The maximum Gasteiger partial charge on any atom is 0.340 e. The van der Waals surface area contributed by atoms with E-state index in [4.69, 9.17) is 33.4 Å². The van der Waals surface area contributed by atoms with Crippen molar-refractivity contribution in [2.24, 2.45) is 0 Å². The summed E-state index contributed by atoms with van der Waals surface area (Å²) in [6.07, 6.45) is 9.79. The van der Waals surface area contributed by atoms with Gasteiger partial charge in [-0.15, -0.1) is 0 Å². The first kappa shape index (κ1) is 23.8. The van der Waals surface area contributed by atoms with Gasteiger partial charge in [0.2, 0.25) is 4.33 Å². The number of carboxylic acids is 2. The minimum atomic E-state index is -1.75. The van der Waals surface area contributed by atoms with Crippen LogP contribution in [0.15, 0.2) is 24.3 Å². The van der Waals surface area contributed by atoms with Gasteiger partial charge in [-0.25, -0.2) is 9.59 Å². The molecule has 0 aromatic heterocycles. The third-order valence-corrected chi connectivity index (χ3v) is 5.59. The van der Waals surface area contributed by atoms with Gasteiger partial charge in [0.05, 0.1) is 5.56 Å². The summed E-state index contributed by atoms with van der Waals surface area (Å²) in [4.78, 5) is 22.1. The number of aliphatic carboxylic acids is 1. The van der Waals surface area contributed by atoms with E-state index < -0.39 is 16.3 Å². The van der Waals surface area contributed by atoms with Crippen LogP contribution >= 0.6 is 23.2 Å². The zero-order valence-corrected chi connectivity index (χ0v) is 17.4. The van der Waals surface area contributed by atoms with Gasteiger partial charge in [0.15, 0.2) is 0 Å². The van der Waals surface area contributed by atoms with Crippen molar-refractivity contribution < 1.29 is 19.8 Å². The Morgan fingerprint density at radius 2 is 1.48 bits per heavy atom. The number of halogens is 2. The summed E-state index contributed by atoms with van der Waals surface area (Å²) in [5.41, 5.74) is 1.35. The average Bonchev–Trinajstić information content (AvgIpc) is 2.63. The van der Waals surface area contributed by atoms with E-state index in [-0.39, 0.29) is 17.9 Å². The van der Waals surface area contributed by atoms with Gasteiger partial charge in [0, 0.05) is 0 Å². The fraction of sp³-hybridized carbons (Fsp3) is 0.619. The Bertz CT molecular complexity index is 584. The molecule has 27 heavy (non-hydrogen) atoms. The Morgan fingerprint density at radius 1 is 0.926 bits per heavy atom. The molecule has 0 amide bonds. The quantitative estimate of drug-likeness (QED) is 0.263. The monoisotopic (exact) mass is 416 g/mol. The van der Waals surface area contributed by atoms with E-state index in [1.807, 2.05) is 12.1 Å². The normalized spacial score (nSPS) is 12.7. The van der Waals surface area contributed by atoms with Crippen LogP contribution in [0.1, 0.15) is 93.0 Å². The van der Waals surface area contributed by atoms with Crippen LogP contribution < -0.4 is 0 Å². The summed E-state index contributed by atoms with van der Waals surface area (Å²) >= 11 is 11.7. The second kappa shape index (κ2) is 12.2. The number of carbonyl (C=O) groups is 2. The molecular weight excluding hydrogens is 387 g/mol. The molecule has 0 heterocycles. The number of aromatic carboxylic acids is 1. The lowest BCUT2D eigenvalue weighted by Crippen LogP contribution is -2.25. The molecule has 0 saturated carbocycles. The van der Waals surface area contributed by atoms with Crippen LogP contribution in [0.2, 0.25) is 0 Å². The number of unbranched alkanes of at least 4 members (excludes halogenated alkanes) is 5. The highest BCUT2D eigenvalue weighted by Gasteiger charge is 2.33. The molecule has 152 valence electrons. The number of hydrogen-bond acceptors (Lipinski definition) is 2. The van der Waals surface area contributed by atoms with E-state index >= 15 is 0 Å². The predicted molar refractivity (Wildman–Crippen MR) is 110 cm³/mol. The van der Waals surface area contributed by atoms with E-state index in [9.17, 15) is 9.59 Å². The van der Waals surface area contributed by atoms with Crippen molar-refractivity contribution in [3.05, 3.63) is 35.4 Å². The first-order chi connectivity index (χ1) is 12.8. The highest BCUT2D eigenvalue weighted by molar-refractivity contribution is 6.57. The van der Waals surface area contributed by atoms with Crippen LogP contribution in [-0.4, -0.2) is 26.5 Å². The first-order valence-electron chi connectivity index (χ1n) is 9.72. The summed E-state index contributed by atoms with van der Waals surface area (Å²) in [6, 6.07) is 6.96. The predicted octanol–water partition coefficient (Wildman–Crippen LogP) is 6.65. The molecule has 2 N–H and O–H groups in total. The highest BCUT2D eigenvalue weighted by Crippen LogP contribution is 2.33. The largest absolute Gasteiger partial charge is 0.479 e. The van der Waals surface area contributed by atoms with E-state index in [2.05, 4.69) is 6.92 Å². The van der Waals surface area contributed by atoms with Crippen molar-refractivity contribution in [1.29, 1.82) is 0 Å². The van der Waals surface area contributed by atoms with Crippen LogP contribution in [0.5, 0.6) is 0 Å². The lowest BCUT2D eigenvalue weighted by atomic mass is 9.87. The Balaban J connectivity index is 2.65. The number of rotatable bonds is 14. The van der Waals surface area contributed by atoms with Crippen LogP contribution in [0.25, 0.3) is 0 Å². The molecule has 0 aliphatic heterocycles. The molecule has 0 radical (unpaired) electrons. The summed E-state index contributed by atoms with van der Waals surface area (Å²) < 4.78 is -1.75. The van der Waals surface area contributed by atoms with Crippen molar-refractivity contribution in [3.63, 3.8) is 0 Å². The minimum absolute atomic E-state index is 0.186. The Morgan fingerprint density at radius 3 is 2.04 bits per heavy atom. The fourth-order valence-corrected chi connectivity index (χ4v) is 3.49. The maximum absolute atomic E-state index is 11.0. The molecule has 1 rings (SSSR count). The lowest BCUT2D eigenvalue weighted by Gasteiger charge is -2.20. The second-order valence-electron chi connectivity index (χ2n) is 7.08. The topological polar surface area (TPSA) is 74.6 Å². The van der Waals surface area contributed by atoms with Gasteiger partial charge in [0.25, 0.3) is 0 Å². The summed E-state index contributed by atoms with van der Waals surface area (Å²) in [5.74, 6) is -1.91. The van der Waals surface area contributed by atoms with Crippen LogP contribution in [-0.2, 0) is 4.79 Å². The fourth-order valence-electron chi connectivity index (χ4n) is 3.22. The van der Waals surface area contributed by atoms with Crippen LogP contribution in [0.4, 0.5) is 0 Å².